The Bertz CT molecular complexity index is 1750. The molecule has 0 fully saturated rings. The van der Waals surface area contributed by atoms with Gasteiger partial charge in [-0.2, -0.15) is 0 Å². The van der Waals surface area contributed by atoms with Crippen molar-refractivity contribution in [2.45, 2.75) is 84.8 Å². The van der Waals surface area contributed by atoms with Crippen LogP contribution in [0.3, 0.4) is 0 Å². The van der Waals surface area contributed by atoms with Gasteiger partial charge in [0.15, 0.2) is 0 Å². The number of urea groups is 1. The van der Waals surface area contributed by atoms with Gasteiger partial charge in [-0.25, -0.2) is 14.4 Å². The maximum Gasteiger partial charge on any atom is 0.326 e. The summed E-state index contributed by atoms with van der Waals surface area (Å²) in [5.41, 5.74) is 2.18. The molecule has 5 amide bonds. The van der Waals surface area contributed by atoms with E-state index in [0.29, 0.717) is 28.1 Å². The van der Waals surface area contributed by atoms with Gasteiger partial charge in [0.1, 0.15) is 23.9 Å². The van der Waals surface area contributed by atoms with Crippen molar-refractivity contribution in [1.82, 2.24) is 16.0 Å². The quantitative estimate of drug-likeness (QED) is 0.0916. The summed E-state index contributed by atoms with van der Waals surface area (Å²) in [7, 11) is 0. The van der Waals surface area contributed by atoms with Crippen LogP contribution in [0.4, 0.5) is 16.2 Å². The summed E-state index contributed by atoms with van der Waals surface area (Å²) in [6, 6.07) is 14.9. The lowest BCUT2D eigenvalue weighted by Gasteiger charge is -2.24. The third kappa shape index (κ3) is 14.7. The van der Waals surface area contributed by atoms with Crippen molar-refractivity contribution in [1.29, 1.82) is 0 Å². The van der Waals surface area contributed by atoms with Crippen LogP contribution in [-0.2, 0) is 43.2 Å². The molecule has 53 heavy (non-hydrogen) atoms. The molecule has 8 N–H and O–H groups in total. The Morgan fingerprint density at radius 2 is 1.11 bits per heavy atom. The topological polar surface area (TPSA) is 223 Å². The normalized spacial score (nSPS) is 12.9. The highest BCUT2D eigenvalue weighted by molar-refractivity contribution is 5.99. The number of rotatable bonds is 17. The largest absolute Gasteiger partial charge is 0.508 e. The van der Waals surface area contributed by atoms with Crippen molar-refractivity contribution >= 4 is 47.1 Å². The predicted octanol–water partition coefficient (Wildman–Crippen LogP) is 4.47. The first-order valence-electron chi connectivity index (χ1n) is 17.3. The standard InChI is InChI=1S/C39H49N5O9/c1-23(2)18-30(42-33(46)19-24-10-12-27(13-11-24)40-38(53)41-28-14-16-29(45)17-15-28)35(48)44-32(37(51)52)21-26-9-7-6-8-25(26)20-31(36(49)50)43-34(47)22-39(3,4)5/h6-17,23,30-32,45H,18-22H2,1-5H3,(H,42,46)(H,43,47)(H,44,48)(H,49,50)(H,51,52)(H2,40,41,53). The van der Waals surface area contributed by atoms with Crippen LogP contribution in [0.25, 0.3) is 0 Å². The molecule has 0 heterocycles. The van der Waals surface area contributed by atoms with Crippen LogP contribution in [0.5, 0.6) is 5.75 Å². The number of anilines is 2. The highest BCUT2D eigenvalue weighted by Gasteiger charge is 2.29. The highest BCUT2D eigenvalue weighted by Crippen LogP contribution is 2.20. The summed E-state index contributed by atoms with van der Waals surface area (Å²) in [5, 5.41) is 42.4. The van der Waals surface area contributed by atoms with Gasteiger partial charge in [0.25, 0.3) is 0 Å². The summed E-state index contributed by atoms with van der Waals surface area (Å²) in [6.45, 7) is 9.30. The van der Waals surface area contributed by atoms with E-state index in [-0.39, 0.29) is 49.2 Å². The van der Waals surface area contributed by atoms with E-state index in [2.05, 4.69) is 26.6 Å². The zero-order valence-electron chi connectivity index (χ0n) is 30.6. The fourth-order valence-electron chi connectivity index (χ4n) is 5.47. The molecule has 14 nitrogen and oxygen atoms in total. The Morgan fingerprint density at radius 1 is 0.642 bits per heavy atom. The molecule has 0 saturated heterocycles. The summed E-state index contributed by atoms with van der Waals surface area (Å²) < 4.78 is 0. The molecular formula is C39H49N5O9. The van der Waals surface area contributed by atoms with E-state index < -0.39 is 53.8 Å². The molecule has 3 atom stereocenters. The summed E-state index contributed by atoms with van der Waals surface area (Å²) in [4.78, 5) is 75.8. The molecule has 3 aromatic rings. The van der Waals surface area contributed by atoms with Crippen LogP contribution in [0.1, 0.15) is 64.2 Å². The molecule has 0 saturated carbocycles. The van der Waals surface area contributed by atoms with Crippen molar-refractivity contribution in [3.05, 3.63) is 89.5 Å². The predicted molar refractivity (Wildman–Crippen MR) is 199 cm³/mol. The molecule has 0 aromatic heterocycles. The van der Waals surface area contributed by atoms with Crippen LogP contribution in [0.2, 0.25) is 0 Å². The fourth-order valence-corrected chi connectivity index (χ4v) is 5.47. The molecule has 0 radical (unpaired) electrons. The lowest BCUT2D eigenvalue weighted by molar-refractivity contribution is -0.142. The van der Waals surface area contributed by atoms with E-state index in [1.54, 1.807) is 60.7 Å². The summed E-state index contributed by atoms with van der Waals surface area (Å²) in [5.74, 6) is -4.09. The molecule has 0 aliphatic carbocycles. The monoisotopic (exact) mass is 731 g/mol. The minimum Gasteiger partial charge on any atom is -0.508 e. The Labute approximate surface area is 308 Å². The molecule has 0 bridgehead atoms. The molecule has 14 heteroatoms. The number of nitrogens with one attached hydrogen (secondary N) is 5. The first-order chi connectivity index (χ1) is 24.9. The average molecular weight is 732 g/mol. The van der Waals surface area contributed by atoms with Gasteiger partial charge >= 0.3 is 18.0 Å². The molecule has 3 aromatic carbocycles. The summed E-state index contributed by atoms with van der Waals surface area (Å²) in [6.07, 6.45) is -0.0109. The smallest absolute Gasteiger partial charge is 0.326 e. The first kappa shape index (κ1) is 41.5. The van der Waals surface area contributed by atoms with E-state index >= 15 is 0 Å². The second-order valence-electron chi connectivity index (χ2n) is 14.5. The maximum atomic E-state index is 13.5. The maximum absolute atomic E-state index is 13.5. The van der Waals surface area contributed by atoms with Crippen LogP contribution < -0.4 is 26.6 Å². The van der Waals surface area contributed by atoms with E-state index in [4.69, 9.17) is 0 Å². The number of carboxylic acids is 2. The molecular weight excluding hydrogens is 682 g/mol. The number of aromatic hydroxyl groups is 1. The van der Waals surface area contributed by atoms with E-state index in [0.717, 1.165) is 0 Å². The molecule has 0 aliphatic rings. The number of carbonyl (C=O) groups excluding carboxylic acids is 4. The van der Waals surface area contributed by atoms with Crippen molar-refractivity contribution in [3.8, 4) is 5.75 Å². The number of phenolic OH excluding ortho intramolecular Hbond substituents is 1. The minimum atomic E-state index is -1.40. The van der Waals surface area contributed by atoms with E-state index in [9.17, 15) is 44.1 Å². The SMILES string of the molecule is CC(C)CC(NC(=O)Cc1ccc(NC(=O)Nc2ccc(O)cc2)cc1)C(=O)NC(Cc1ccccc1CC(NC(=O)CC(C)(C)C)C(=O)O)C(=O)O. The number of aliphatic carboxylic acids is 2. The molecule has 284 valence electrons. The Balaban J connectivity index is 1.64. The van der Waals surface area contributed by atoms with Crippen LogP contribution >= 0.6 is 0 Å². The minimum absolute atomic E-state index is 0.0328. The number of benzene rings is 3. The molecule has 0 aliphatic heterocycles. The number of carboxylic acid groups (broad SMARTS) is 2. The number of amides is 5. The van der Waals surface area contributed by atoms with Gasteiger partial charge in [0, 0.05) is 30.6 Å². The third-order valence-electron chi connectivity index (χ3n) is 7.97. The van der Waals surface area contributed by atoms with Gasteiger partial charge in [-0.3, -0.25) is 14.4 Å². The number of hydrogen-bond acceptors (Lipinski definition) is 7. The van der Waals surface area contributed by atoms with Gasteiger partial charge in [-0.05, 0) is 70.8 Å². The van der Waals surface area contributed by atoms with Crippen molar-refractivity contribution in [2.24, 2.45) is 11.3 Å². The first-order valence-corrected chi connectivity index (χ1v) is 17.3. The van der Waals surface area contributed by atoms with Gasteiger partial charge in [-0.1, -0.05) is 71.0 Å². The third-order valence-corrected chi connectivity index (χ3v) is 7.97. The Kier molecular flexibility index (Phi) is 14.9. The van der Waals surface area contributed by atoms with Gasteiger partial charge in [0.2, 0.25) is 17.7 Å². The average Bonchev–Trinajstić information content (AvgIpc) is 3.05. The van der Waals surface area contributed by atoms with Gasteiger partial charge in [-0.15, -0.1) is 0 Å². The van der Waals surface area contributed by atoms with Crippen molar-refractivity contribution in [3.63, 3.8) is 0 Å². The lowest BCUT2D eigenvalue weighted by Crippen LogP contribution is -2.53. The Hall–Kier alpha value is -5.92. The molecule has 3 rings (SSSR count). The fraction of sp³-hybridized carbons (Fsp3) is 0.385. The van der Waals surface area contributed by atoms with Crippen LogP contribution in [0.15, 0.2) is 72.8 Å². The lowest BCUT2D eigenvalue weighted by atomic mass is 9.91. The molecule has 0 spiro atoms. The second-order valence-corrected chi connectivity index (χ2v) is 14.5. The van der Waals surface area contributed by atoms with Crippen LogP contribution in [0, 0.1) is 11.3 Å². The number of hydrogen-bond donors (Lipinski definition) is 8. The zero-order chi connectivity index (χ0) is 39.3. The number of phenols is 1. The zero-order valence-corrected chi connectivity index (χ0v) is 30.6. The van der Waals surface area contributed by atoms with Gasteiger partial charge in [0.05, 0.1) is 6.42 Å². The Morgan fingerprint density at radius 3 is 1.58 bits per heavy atom. The summed E-state index contributed by atoms with van der Waals surface area (Å²) >= 11 is 0. The van der Waals surface area contributed by atoms with E-state index in [1.165, 1.54) is 12.1 Å². The van der Waals surface area contributed by atoms with Crippen LogP contribution in [-0.4, -0.2) is 69.1 Å². The van der Waals surface area contributed by atoms with E-state index in [1.807, 2.05) is 34.6 Å². The second kappa shape index (κ2) is 19.1. The van der Waals surface area contributed by atoms with Crippen molar-refractivity contribution < 1.29 is 44.1 Å². The molecule has 3 unspecified atom stereocenters. The number of carbonyl (C=O) groups is 6. The van der Waals surface area contributed by atoms with Gasteiger partial charge < -0.3 is 41.9 Å². The highest BCUT2D eigenvalue weighted by atomic mass is 16.4. The van der Waals surface area contributed by atoms with Crippen molar-refractivity contribution in [2.75, 3.05) is 10.6 Å².